The number of aromatic nitrogens is 1. The van der Waals surface area contributed by atoms with Gasteiger partial charge in [-0.2, -0.15) is 0 Å². The predicted molar refractivity (Wildman–Crippen MR) is 95.3 cm³/mol. The Balaban J connectivity index is 1.92. The van der Waals surface area contributed by atoms with Crippen molar-refractivity contribution < 1.29 is 14.3 Å². The van der Waals surface area contributed by atoms with E-state index in [9.17, 15) is 9.59 Å². The van der Waals surface area contributed by atoms with Gasteiger partial charge in [-0.15, -0.1) is 0 Å². The fraction of sp³-hybridized carbons (Fsp3) is 0.278. The fourth-order valence-corrected chi connectivity index (χ4v) is 2.31. The van der Waals surface area contributed by atoms with Gasteiger partial charge >= 0.3 is 11.8 Å². The van der Waals surface area contributed by atoms with Gasteiger partial charge < -0.3 is 20.3 Å². The number of hydrogen-bond acceptors (Lipinski definition) is 5. The molecule has 1 heterocycles. The molecule has 0 aliphatic carbocycles. The molecule has 0 aliphatic rings. The van der Waals surface area contributed by atoms with Gasteiger partial charge in [0.25, 0.3) is 0 Å². The highest BCUT2D eigenvalue weighted by Crippen LogP contribution is 2.16. The lowest BCUT2D eigenvalue weighted by atomic mass is 10.1. The average molecular weight is 342 g/mol. The summed E-state index contributed by atoms with van der Waals surface area (Å²) in [6.45, 7) is 0.324. The zero-order chi connectivity index (χ0) is 18.2. The Morgan fingerprint density at radius 2 is 1.84 bits per heavy atom. The van der Waals surface area contributed by atoms with Crippen LogP contribution in [0.2, 0.25) is 0 Å². The number of amides is 2. The molecule has 2 aromatic rings. The number of pyridine rings is 1. The molecule has 0 fully saturated rings. The summed E-state index contributed by atoms with van der Waals surface area (Å²) in [7, 11) is 5.35. The summed E-state index contributed by atoms with van der Waals surface area (Å²) in [6, 6.07) is 13.0. The monoisotopic (exact) mass is 342 g/mol. The third-order valence-corrected chi connectivity index (χ3v) is 3.67. The van der Waals surface area contributed by atoms with Crippen LogP contribution in [0.25, 0.3) is 0 Å². The van der Waals surface area contributed by atoms with Crippen molar-refractivity contribution in [1.29, 1.82) is 0 Å². The number of likely N-dealkylation sites (N-methyl/N-ethyl adjacent to an activating group) is 1. The molecule has 1 aromatic heterocycles. The molecule has 0 saturated heterocycles. The van der Waals surface area contributed by atoms with E-state index in [-0.39, 0.29) is 6.04 Å². The average Bonchev–Trinajstić information content (AvgIpc) is 2.63. The van der Waals surface area contributed by atoms with Crippen molar-refractivity contribution in [2.24, 2.45) is 0 Å². The third-order valence-electron chi connectivity index (χ3n) is 3.67. The van der Waals surface area contributed by atoms with E-state index in [1.165, 1.54) is 13.3 Å². The number of anilines is 1. The van der Waals surface area contributed by atoms with Crippen molar-refractivity contribution >= 4 is 17.5 Å². The van der Waals surface area contributed by atoms with Crippen LogP contribution in [-0.4, -0.2) is 49.4 Å². The van der Waals surface area contributed by atoms with E-state index in [4.69, 9.17) is 4.74 Å². The normalized spacial score (nSPS) is 11.7. The van der Waals surface area contributed by atoms with Gasteiger partial charge in [-0.25, -0.2) is 4.98 Å². The Morgan fingerprint density at radius 1 is 1.12 bits per heavy atom. The van der Waals surface area contributed by atoms with E-state index < -0.39 is 11.8 Å². The van der Waals surface area contributed by atoms with Crippen molar-refractivity contribution in [1.82, 2.24) is 15.2 Å². The highest BCUT2D eigenvalue weighted by Gasteiger charge is 2.18. The first-order chi connectivity index (χ1) is 12.0. The number of benzene rings is 1. The molecule has 25 heavy (non-hydrogen) atoms. The maximum Gasteiger partial charge on any atom is 0.313 e. The number of nitrogens with zero attached hydrogens (tertiary/aromatic N) is 2. The van der Waals surface area contributed by atoms with Crippen LogP contribution in [0.5, 0.6) is 5.88 Å². The summed E-state index contributed by atoms with van der Waals surface area (Å²) < 4.78 is 4.94. The quantitative estimate of drug-likeness (QED) is 0.776. The Hall–Kier alpha value is -2.93. The third kappa shape index (κ3) is 5.29. The standard InChI is InChI=1S/C18H22N4O3/c1-22(2)15(13-7-5-4-6-8-13)12-20-17(23)18(24)21-14-9-10-16(25-3)19-11-14/h4-11,15H,12H2,1-3H3,(H,20,23)(H,21,24). The molecule has 0 aliphatic heterocycles. The largest absolute Gasteiger partial charge is 0.481 e. The molecule has 2 rings (SSSR count). The van der Waals surface area contributed by atoms with Crippen LogP contribution >= 0.6 is 0 Å². The second kappa shape index (κ2) is 8.79. The van der Waals surface area contributed by atoms with Crippen molar-refractivity contribution in [2.75, 3.05) is 33.1 Å². The molecule has 1 aromatic carbocycles. The van der Waals surface area contributed by atoms with Gasteiger partial charge in [-0.3, -0.25) is 9.59 Å². The van der Waals surface area contributed by atoms with Gasteiger partial charge in [-0.05, 0) is 25.7 Å². The molecule has 7 heteroatoms. The summed E-state index contributed by atoms with van der Waals surface area (Å²) in [6.07, 6.45) is 1.43. The molecule has 1 atom stereocenters. The summed E-state index contributed by atoms with van der Waals surface area (Å²) in [4.78, 5) is 30.0. The highest BCUT2D eigenvalue weighted by molar-refractivity contribution is 6.39. The van der Waals surface area contributed by atoms with Crippen molar-refractivity contribution in [2.45, 2.75) is 6.04 Å². The predicted octanol–water partition coefficient (Wildman–Crippen LogP) is 1.45. The minimum absolute atomic E-state index is 0.0272. The second-order valence-corrected chi connectivity index (χ2v) is 5.64. The van der Waals surface area contributed by atoms with E-state index in [2.05, 4.69) is 15.6 Å². The minimum Gasteiger partial charge on any atom is -0.481 e. The van der Waals surface area contributed by atoms with E-state index >= 15 is 0 Å². The van der Waals surface area contributed by atoms with E-state index in [0.717, 1.165) is 5.56 Å². The van der Waals surface area contributed by atoms with Crippen molar-refractivity contribution in [3.05, 3.63) is 54.2 Å². The Kier molecular flexibility index (Phi) is 6.47. The maximum atomic E-state index is 12.0. The summed E-state index contributed by atoms with van der Waals surface area (Å²) in [5.74, 6) is -1.00. The summed E-state index contributed by atoms with van der Waals surface area (Å²) in [5.41, 5.74) is 1.49. The van der Waals surface area contributed by atoms with Gasteiger partial charge in [0.1, 0.15) is 0 Å². The van der Waals surface area contributed by atoms with Crippen LogP contribution in [0.3, 0.4) is 0 Å². The molecular formula is C18H22N4O3. The van der Waals surface area contributed by atoms with Gasteiger partial charge in [0.15, 0.2) is 0 Å². The number of nitrogens with one attached hydrogen (secondary N) is 2. The van der Waals surface area contributed by atoms with E-state index in [1.807, 2.05) is 49.3 Å². The first kappa shape index (κ1) is 18.4. The molecule has 7 nitrogen and oxygen atoms in total. The van der Waals surface area contributed by atoms with Gasteiger partial charge in [0, 0.05) is 12.6 Å². The molecular weight excluding hydrogens is 320 g/mol. The summed E-state index contributed by atoms with van der Waals surface area (Å²) in [5, 5.41) is 5.17. The molecule has 0 radical (unpaired) electrons. The SMILES string of the molecule is COc1ccc(NC(=O)C(=O)NCC(c2ccccc2)N(C)C)cn1. The molecule has 2 N–H and O–H groups in total. The fourth-order valence-electron chi connectivity index (χ4n) is 2.31. The van der Waals surface area contributed by atoms with Gasteiger partial charge in [-0.1, -0.05) is 30.3 Å². The summed E-state index contributed by atoms with van der Waals surface area (Å²) >= 11 is 0. The van der Waals surface area contributed by atoms with Crippen molar-refractivity contribution in [3.63, 3.8) is 0 Å². The first-order valence-electron chi connectivity index (χ1n) is 7.82. The maximum absolute atomic E-state index is 12.0. The number of ether oxygens (including phenoxy) is 1. The van der Waals surface area contributed by atoms with Crippen LogP contribution < -0.4 is 15.4 Å². The first-order valence-corrected chi connectivity index (χ1v) is 7.82. The van der Waals surface area contributed by atoms with Crippen LogP contribution in [0.4, 0.5) is 5.69 Å². The van der Waals surface area contributed by atoms with Gasteiger partial charge in [0.05, 0.1) is 25.0 Å². The number of carbonyl (C=O) groups excluding carboxylic acids is 2. The molecule has 132 valence electrons. The molecule has 0 saturated carbocycles. The zero-order valence-corrected chi connectivity index (χ0v) is 14.5. The van der Waals surface area contributed by atoms with Crippen LogP contribution in [0.1, 0.15) is 11.6 Å². The molecule has 0 spiro atoms. The van der Waals surface area contributed by atoms with Crippen LogP contribution in [0, 0.1) is 0 Å². The van der Waals surface area contributed by atoms with Crippen LogP contribution in [0.15, 0.2) is 48.7 Å². The highest BCUT2D eigenvalue weighted by atomic mass is 16.5. The molecule has 0 bridgehead atoms. The molecule has 2 amide bonds. The van der Waals surface area contributed by atoms with E-state index in [0.29, 0.717) is 18.1 Å². The lowest BCUT2D eigenvalue weighted by Gasteiger charge is -2.25. The topological polar surface area (TPSA) is 83.6 Å². The lowest BCUT2D eigenvalue weighted by Crippen LogP contribution is -2.40. The lowest BCUT2D eigenvalue weighted by molar-refractivity contribution is -0.136. The Bertz CT molecular complexity index is 702. The van der Waals surface area contributed by atoms with E-state index in [1.54, 1.807) is 12.1 Å². The Labute approximate surface area is 147 Å². The number of methoxy groups -OCH3 is 1. The van der Waals surface area contributed by atoms with Gasteiger partial charge in [0.2, 0.25) is 5.88 Å². The molecule has 1 unspecified atom stereocenters. The minimum atomic E-state index is -0.738. The number of rotatable bonds is 6. The van der Waals surface area contributed by atoms with Crippen LogP contribution in [-0.2, 0) is 9.59 Å². The second-order valence-electron chi connectivity index (χ2n) is 5.64. The number of carbonyl (C=O) groups is 2. The number of hydrogen-bond donors (Lipinski definition) is 2. The smallest absolute Gasteiger partial charge is 0.313 e. The van der Waals surface area contributed by atoms with Crippen molar-refractivity contribution in [3.8, 4) is 5.88 Å². The Morgan fingerprint density at radius 3 is 2.40 bits per heavy atom. The zero-order valence-electron chi connectivity index (χ0n) is 14.5.